The van der Waals surface area contributed by atoms with E-state index in [0.29, 0.717) is 27.2 Å². The Morgan fingerprint density at radius 3 is 2.35 bits per heavy atom. The molecule has 1 N–H and O–H groups in total. The third-order valence-electron chi connectivity index (χ3n) is 5.23. The highest BCUT2D eigenvalue weighted by Crippen LogP contribution is 2.34. The predicted octanol–water partition coefficient (Wildman–Crippen LogP) is 6.02. The van der Waals surface area contributed by atoms with Gasteiger partial charge in [0.25, 0.3) is 11.8 Å². The Labute approximate surface area is 214 Å². The Hall–Kier alpha value is -3.13. The molecule has 0 spiro atoms. The maximum absolute atomic E-state index is 13.1. The second kappa shape index (κ2) is 10.0. The van der Waals surface area contributed by atoms with Crippen LogP contribution in [0, 0.1) is 0 Å². The molecule has 0 unspecified atom stereocenters. The van der Waals surface area contributed by atoms with Crippen molar-refractivity contribution >= 4 is 68.7 Å². The maximum atomic E-state index is 13.1. The van der Waals surface area contributed by atoms with Gasteiger partial charge in [-0.05, 0) is 47.5 Å². The molecular formula is C25H17BrCl2N2O4. The van der Waals surface area contributed by atoms with Crippen molar-refractivity contribution in [3.63, 3.8) is 0 Å². The first-order valence-electron chi connectivity index (χ1n) is 10.1. The molecule has 4 amide bonds. The summed E-state index contributed by atoms with van der Waals surface area (Å²) < 4.78 is 6.28. The fraction of sp³-hybridized carbons (Fsp3) is 0.0800. The standard InChI is InChI=1S/C25H17BrCl2N2O4/c1-34-22-12-14(11-18(26)16(22)13-15-6-2-3-7-19(15)27)10-17-23(31)29-25(33)30(24(17)32)21-9-5-4-8-20(21)28/h2-12H,13H2,1H3,(H,29,31,33)/b17-10+. The maximum Gasteiger partial charge on any atom is 0.335 e. The normalized spacial score (nSPS) is 15.0. The molecule has 3 aromatic carbocycles. The van der Waals surface area contributed by atoms with Gasteiger partial charge >= 0.3 is 6.03 Å². The molecule has 0 radical (unpaired) electrons. The number of nitrogens with one attached hydrogen (secondary N) is 1. The molecule has 1 aliphatic rings. The molecule has 3 aromatic rings. The van der Waals surface area contributed by atoms with Gasteiger partial charge < -0.3 is 4.74 Å². The van der Waals surface area contributed by atoms with Crippen LogP contribution in [0.4, 0.5) is 10.5 Å². The first kappa shape index (κ1) is 24.0. The van der Waals surface area contributed by atoms with Crippen molar-refractivity contribution in [2.45, 2.75) is 6.42 Å². The van der Waals surface area contributed by atoms with Crippen molar-refractivity contribution in [2.24, 2.45) is 0 Å². The van der Waals surface area contributed by atoms with E-state index in [2.05, 4.69) is 21.2 Å². The molecule has 172 valence electrons. The van der Waals surface area contributed by atoms with Gasteiger partial charge in [0.05, 0.1) is 17.8 Å². The lowest BCUT2D eigenvalue weighted by Crippen LogP contribution is -2.54. The van der Waals surface area contributed by atoms with E-state index < -0.39 is 17.8 Å². The van der Waals surface area contributed by atoms with Gasteiger partial charge in [0.2, 0.25) is 0 Å². The summed E-state index contributed by atoms with van der Waals surface area (Å²) in [4.78, 5) is 38.9. The molecule has 0 aliphatic carbocycles. The van der Waals surface area contributed by atoms with Gasteiger partial charge in [-0.2, -0.15) is 0 Å². The van der Waals surface area contributed by atoms with Gasteiger partial charge in [0.15, 0.2) is 0 Å². The van der Waals surface area contributed by atoms with Crippen molar-refractivity contribution in [2.75, 3.05) is 12.0 Å². The number of para-hydroxylation sites is 1. The quantitative estimate of drug-likeness (QED) is 0.306. The number of urea groups is 1. The summed E-state index contributed by atoms with van der Waals surface area (Å²) in [6, 6.07) is 16.5. The highest BCUT2D eigenvalue weighted by molar-refractivity contribution is 9.10. The number of barbiturate groups is 1. The lowest BCUT2D eigenvalue weighted by atomic mass is 10.0. The number of carbonyl (C=O) groups excluding carboxylic acids is 3. The number of imide groups is 2. The SMILES string of the molecule is COc1cc(/C=C2\C(=O)NC(=O)N(c3ccccc3Cl)C2=O)cc(Br)c1Cc1ccccc1Cl. The number of nitrogens with zero attached hydrogens (tertiary/aromatic N) is 1. The van der Waals surface area contributed by atoms with Gasteiger partial charge in [-0.25, -0.2) is 9.69 Å². The minimum atomic E-state index is -0.867. The third-order valence-corrected chi connectivity index (χ3v) is 6.62. The van der Waals surface area contributed by atoms with Crippen LogP contribution >= 0.6 is 39.1 Å². The number of methoxy groups -OCH3 is 1. The van der Waals surface area contributed by atoms with E-state index in [4.69, 9.17) is 27.9 Å². The lowest BCUT2D eigenvalue weighted by molar-refractivity contribution is -0.122. The molecule has 1 aliphatic heterocycles. The number of ether oxygens (including phenoxy) is 1. The minimum Gasteiger partial charge on any atom is -0.496 e. The molecule has 0 atom stereocenters. The number of halogens is 3. The summed E-state index contributed by atoms with van der Waals surface area (Å²) in [5.74, 6) is -1.03. The van der Waals surface area contributed by atoms with E-state index in [9.17, 15) is 14.4 Å². The number of benzene rings is 3. The molecular weight excluding hydrogens is 543 g/mol. The fourth-order valence-corrected chi connectivity index (χ4v) is 4.60. The predicted molar refractivity (Wildman–Crippen MR) is 135 cm³/mol. The topological polar surface area (TPSA) is 75.7 Å². The smallest absolute Gasteiger partial charge is 0.335 e. The van der Waals surface area contributed by atoms with E-state index in [1.807, 2.05) is 24.3 Å². The number of amides is 4. The number of hydrogen-bond donors (Lipinski definition) is 1. The van der Waals surface area contributed by atoms with Crippen LogP contribution in [0.25, 0.3) is 6.08 Å². The first-order valence-corrected chi connectivity index (χ1v) is 11.6. The van der Waals surface area contributed by atoms with E-state index in [1.165, 1.54) is 19.3 Å². The highest BCUT2D eigenvalue weighted by Gasteiger charge is 2.37. The van der Waals surface area contributed by atoms with Crippen molar-refractivity contribution < 1.29 is 19.1 Å². The fourth-order valence-electron chi connectivity index (χ4n) is 3.58. The summed E-state index contributed by atoms with van der Waals surface area (Å²) in [5, 5.41) is 3.03. The molecule has 1 heterocycles. The van der Waals surface area contributed by atoms with Crippen LogP contribution in [0.3, 0.4) is 0 Å². The Kier molecular flexibility index (Phi) is 7.07. The van der Waals surface area contributed by atoms with Crippen LogP contribution < -0.4 is 15.0 Å². The summed E-state index contributed by atoms with van der Waals surface area (Å²) in [7, 11) is 1.53. The lowest BCUT2D eigenvalue weighted by Gasteiger charge is -2.27. The van der Waals surface area contributed by atoms with Crippen LogP contribution in [-0.2, 0) is 16.0 Å². The van der Waals surface area contributed by atoms with Crippen LogP contribution in [0.2, 0.25) is 10.0 Å². The number of anilines is 1. The van der Waals surface area contributed by atoms with Gasteiger partial charge in [0, 0.05) is 21.5 Å². The van der Waals surface area contributed by atoms with E-state index in [-0.39, 0.29) is 16.3 Å². The second-order valence-corrected chi connectivity index (χ2v) is 9.03. The number of carbonyl (C=O) groups is 3. The minimum absolute atomic E-state index is 0.180. The molecule has 1 fully saturated rings. The Morgan fingerprint density at radius 2 is 1.68 bits per heavy atom. The van der Waals surface area contributed by atoms with Crippen molar-refractivity contribution in [1.82, 2.24) is 5.32 Å². The van der Waals surface area contributed by atoms with Crippen LogP contribution in [0.5, 0.6) is 5.75 Å². The van der Waals surface area contributed by atoms with E-state index >= 15 is 0 Å². The van der Waals surface area contributed by atoms with Crippen molar-refractivity contribution in [1.29, 1.82) is 0 Å². The van der Waals surface area contributed by atoms with Crippen LogP contribution in [-0.4, -0.2) is 25.0 Å². The molecule has 34 heavy (non-hydrogen) atoms. The molecule has 9 heteroatoms. The monoisotopic (exact) mass is 558 g/mol. The molecule has 0 saturated carbocycles. The average Bonchev–Trinajstić information content (AvgIpc) is 2.80. The second-order valence-electron chi connectivity index (χ2n) is 7.36. The van der Waals surface area contributed by atoms with E-state index in [0.717, 1.165) is 16.0 Å². The zero-order chi connectivity index (χ0) is 24.4. The van der Waals surface area contributed by atoms with Crippen molar-refractivity contribution in [3.05, 3.63) is 97.4 Å². The third kappa shape index (κ3) is 4.73. The zero-order valence-corrected chi connectivity index (χ0v) is 20.9. The summed E-state index contributed by atoms with van der Waals surface area (Å²) in [6.45, 7) is 0. The molecule has 0 aromatic heterocycles. The number of hydrogen-bond acceptors (Lipinski definition) is 4. The largest absolute Gasteiger partial charge is 0.496 e. The van der Waals surface area contributed by atoms with Gasteiger partial charge in [-0.3, -0.25) is 14.9 Å². The summed E-state index contributed by atoms with van der Waals surface area (Å²) in [6.07, 6.45) is 1.91. The zero-order valence-electron chi connectivity index (χ0n) is 17.8. The Bertz CT molecular complexity index is 1360. The molecule has 4 rings (SSSR count). The molecule has 6 nitrogen and oxygen atoms in total. The van der Waals surface area contributed by atoms with Crippen molar-refractivity contribution in [3.8, 4) is 5.75 Å². The first-order chi connectivity index (χ1) is 16.3. The summed E-state index contributed by atoms with van der Waals surface area (Å²) in [5.41, 5.74) is 2.26. The van der Waals surface area contributed by atoms with Crippen LogP contribution in [0.15, 0.2) is 70.7 Å². The highest BCUT2D eigenvalue weighted by atomic mass is 79.9. The van der Waals surface area contributed by atoms with Gasteiger partial charge in [-0.15, -0.1) is 0 Å². The molecule has 0 bridgehead atoms. The van der Waals surface area contributed by atoms with E-state index in [1.54, 1.807) is 30.3 Å². The Balaban J connectivity index is 1.73. The van der Waals surface area contributed by atoms with Crippen LogP contribution in [0.1, 0.15) is 16.7 Å². The average molecular weight is 560 g/mol. The summed E-state index contributed by atoms with van der Waals surface area (Å²) >= 11 is 16.1. The molecule has 1 saturated heterocycles. The van der Waals surface area contributed by atoms with Gasteiger partial charge in [0.1, 0.15) is 11.3 Å². The van der Waals surface area contributed by atoms with Gasteiger partial charge in [-0.1, -0.05) is 69.5 Å². The Morgan fingerprint density at radius 1 is 1.00 bits per heavy atom. The number of rotatable bonds is 5.